The highest BCUT2D eigenvalue weighted by Crippen LogP contribution is 2.09. The molecule has 7 nitrogen and oxygen atoms in total. The monoisotopic (exact) mass is 295 g/mol. The van der Waals surface area contributed by atoms with E-state index in [1.165, 1.54) is 30.6 Å². The van der Waals surface area contributed by atoms with Crippen LogP contribution < -0.4 is 4.72 Å². The Morgan fingerprint density at radius 2 is 2.20 bits per heavy atom. The average molecular weight is 295 g/mol. The van der Waals surface area contributed by atoms with Gasteiger partial charge in [-0.25, -0.2) is 17.9 Å². The van der Waals surface area contributed by atoms with Crippen molar-refractivity contribution < 1.29 is 18.3 Å². The third-order valence-electron chi connectivity index (χ3n) is 2.62. The number of pyridine rings is 1. The molecule has 0 bridgehead atoms. The summed E-state index contributed by atoms with van der Waals surface area (Å²) in [5.74, 6) is -1.08. The standard InChI is InChI=1S/C12H13N3O4S/c1-15-5-3-11(8-15)20(18,19)14-7-10-6-9(12(16)17)2-4-13-10/h2-6,8,14H,7H2,1H3,(H,16,17). The van der Waals surface area contributed by atoms with Gasteiger partial charge in [-0.2, -0.15) is 0 Å². The Bertz CT molecular complexity index is 737. The molecule has 0 aromatic carbocycles. The van der Waals surface area contributed by atoms with Crippen molar-refractivity contribution in [3.05, 3.63) is 48.0 Å². The van der Waals surface area contributed by atoms with Gasteiger partial charge in [0.15, 0.2) is 0 Å². The Morgan fingerprint density at radius 1 is 1.45 bits per heavy atom. The van der Waals surface area contributed by atoms with E-state index in [9.17, 15) is 13.2 Å². The van der Waals surface area contributed by atoms with Gasteiger partial charge in [-0.05, 0) is 18.2 Å². The van der Waals surface area contributed by atoms with Crippen LogP contribution in [0.3, 0.4) is 0 Å². The van der Waals surface area contributed by atoms with Crippen molar-refractivity contribution in [2.75, 3.05) is 0 Å². The van der Waals surface area contributed by atoms with E-state index in [1.54, 1.807) is 17.8 Å². The predicted molar refractivity (Wildman–Crippen MR) is 70.6 cm³/mol. The summed E-state index contributed by atoms with van der Waals surface area (Å²) >= 11 is 0. The number of hydrogen-bond donors (Lipinski definition) is 2. The molecule has 2 rings (SSSR count). The number of carbonyl (C=O) groups is 1. The Hall–Kier alpha value is -2.19. The van der Waals surface area contributed by atoms with Crippen molar-refractivity contribution in [1.29, 1.82) is 0 Å². The van der Waals surface area contributed by atoms with Crippen LogP contribution >= 0.6 is 0 Å². The lowest BCUT2D eigenvalue weighted by Crippen LogP contribution is -2.23. The van der Waals surface area contributed by atoms with Crippen LogP contribution in [-0.4, -0.2) is 29.0 Å². The molecular formula is C12H13N3O4S. The van der Waals surface area contributed by atoms with Gasteiger partial charge in [0.2, 0.25) is 10.0 Å². The molecule has 0 aliphatic carbocycles. The van der Waals surface area contributed by atoms with Gasteiger partial charge in [-0.1, -0.05) is 0 Å². The second-order valence-corrected chi connectivity index (χ2v) is 5.95. The number of aromatic nitrogens is 2. The third-order valence-corrected chi connectivity index (χ3v) is 4.01. The number of rotatable bonds is 5. The molecule has 0 saturated heterocycles. The Kier molecular flexibility index (Phi) is 3.86. The summed E-state index contributed by atoms with van der Waals surface area (Å²) in [6.07, 6.45) is 4.43. The van der Waals surface area contributed by atoms with E-state index in [0.717, 1.165) is 0 Å². The first-order valence-electron chi connectivity index (χ1n) is 5.68. The van der Waals surface area contributed by atoms with Gasteiger partial charge in [-0.3, -0.25) is 4.98 Å². The summed E-state index contributed by atoms with van der Waals surface area (Å²) < 4.78 is 27.9. The van der Waals surface area contributed by atoms with Crippen LogP contribution in [0.25, 0.3) is 0 Å². The van der Waals surface area contributed by atoms with Crippen molar-refractivity contribution >= 4 is 16.0 Å². The lowest BCUT2D eigenvalue weighted by molar-refractivity contribution is 0.0696. The van der Waals surface area contributed by atoms with E-state index >= 15 is 0 Å². The molecule has 0 aliphatic rings. The summed E-state index contributed by atoms with van der Waals surface area (Å²) in [5.41, 5.74) is 0.401. The SMILES string of the molecule is Cn1ccc(S(=O)(=O)NCc2cc(C(=O)O)ccn2)c1. The fourth-order valence-corrected chi connectivity index (χ4v) is 2.65. The Balaban J connectivity index is 2.12. The maximum Gasteiger partial charge on any atom is 0.335 e. The van der Waals surface area contributed by atoms with Crippen molar-refractivity contribution in [2.45, 2.75) is 11.4 Å². The van der Waals surface area contributed by atoms with Crippen LogP contribution in [0.2, 0.25) is 0 Å². The van der Waals surface area contributed by atoms with Gasteiger partial charge in [0.1, 0.15) is 0 Å². The quantitative estimate of drug-likeness (QED) is 0.841. The first-order valence-corrected chi connectivity index (χ1v) is 7.17. The Labute approximate surface area is 115 Å². The molecule has 0 radical (unpaired) electrons. The van der Waals surface area contributed by atoms with Gasteiger partial charge in [0.25, 0.3) is 0 Å². The molecule has 0 atom stereocenters. The van der Waals surface area contributed by atoms with Crippen molar-refractivity contribution in [2.24, 2.45) is 7.05 Å². The molecule has 0 amide bonds. The minimum Gasteiger partial charge on any atom is -0.478 e. The number of carboxylic acid groups (broad SMARTS) is 1. The molecule has 0 spiro atoms. The number of nitrogens with zero attached hydrogens (tertiary/aromatic N) is 2. The number of aryl methyl sites for hydroxylation is 1. The van der Waals surface area contributed by atoms with Crippen molar-refractivity contribution in [1.82, 2.24) is 14.3 Å². The second-order valence-electron chi connectivity index (χ2n) is 4.18. The maximum atomic E-state index is 12.0. The number of sulfonamides is 1. The second kappa shape index (κ2) is 5.43. The molecule has 0 fully saturated rings. The van der Waals surface area contributed by atoms with Gasteiger partial charge in [0, 0.05) is 25.6 Å². The minimum atomic E-state index is -3.63. The zero-order chi connectivity index (χ0) is 14.8. The zero-order valence-electron chi connectivity index (χ0n) is 10.6. The Morgan fingerprint density at radius 3 is 2.80 bits per heavy atom. The first-order chi connectivity index (χ1) is 9.38. The molecule has 2 N–H and O–H groups in total. The highest BCUT2D eigenvalue weighted by molar-refractivity contribution is 7.89. The number of nitrogens with one attached hydrogen (secondary N) is 1. The molecule has 20 heavy (non-hydrogen) atoms. The van der Waals surface area contributed by atoms with Crippen molar-refractivity contribution in [3.63, 3.8) is 0 Å². The smallest absolute Gasteiger partial charge is 0.335 e. The summed E-state index contributed by atoms with van der Waals surface area (Å²) in [6, 6.07) is 4.15. The van der Waals surface area contributed by atoms with E-state index in [2.05, 4.69) is 9.71 Å². The highest BCUT2D eigenvalue weighted by atomic mass is 32.2. The lowest BCUT2D eigenvalue weighted by atomic mass is 10.2. The number of aromatic carboxylic acids is 1. The third kappa shape index (κ3) is 3.22. The molecule has 2 aromatic rings. The van der Waals surface area contributed by atoms with E-state index in [0.29, 0.717) is 5.69 Å². The highest BCUT2D eigenvalue weighted by Gasteiger charge is 2.15. The van der Waals surface area contributed by atoms with Gasteiger partial charge in [0.05, 0.1) is 22.7 Å². The molecule has 106 valence electrons. The largest absolute Gasteiger partial charge is 0.478 e. The van der Waals surface area contributed by atoms with Crippen LogP contribution in [0, 0.1) is 0 Å². The fraction of sp³-hybridized carbons (Fsp3) is 0.167. The topological polar surface area (TPSA) is 101 Å². The van der Waals surface area contributed by atoms with Crippen LogP contribution in [0.5, 0.6) is 0 Å². The normalized spacial score (nSPS) is 11.4. The fourth-order valence-electron chi connectivity index (χ4n) is 1.60. The van der Waals surface area contributed by atoms with Gasteiger partial charge < -0.3 is 9.67 Å². The maximum absolute atomic E-state index is 12.0. The summed E-state index contributed by atoms with van der Waals surface area (Å²) in [7, 11) is -1.91. The molecule has 0 saturated carbocycles. The van der Waals surface area contributed by atoms with E-state index in [4.69, 9.17) is 5.11 Å². The summed E-state index contributed by atoms with van der Waals surface area (Å²) in [5, 5.41) is 8.85. The van der Waals surface area contributed by atoms with Gasteiger partial charge in [-0.15, -0.1) is 0 Å². The summed E-state index contributed by atoms with van der Waals surface area (Å²) in [6.45, 7) is -0.0711. The van der Waals surface area contributed by atoms with Crippen LogP contribution in [0.4, 0.5) is 0 Å². The van der Waals surface area contributed by atoms with Gasteiger partial charge >= 0.3 is 5.97 Å². The number of carboxylic acids is 1. The molecular weight excluding hydrogens is 282 g/mol. The molecule has 2 aromatic heterocycles. The van der Waals surface area contributed by atoms with Crippen LogP contribution in [0.15, 0.2) is 41.7 Å². The van der Waals surface area contributed by atoms with Crippen LogP contribution in [-0.2, 0) is 23.6 Å². The minimum absolute atomic E-state index is 0.0638. The lowest BCUT2D eigenvalue weighted by Gasteiger charge is -2.05. The number of hydrogen-bond acceptors (Lipinski definition) is 4. The average Bonchev–Trinajstić information content (AvgIpc) is 2.84. The predicted octanol–water partition coefficient (Wildman–Crippen LogP) is 0.597. The first kappa shape index (κ1) is 14.2. The van der Waals surface area contributed by atoms with E-state index in [1.807, 2.05) is 0 Å². The zero-order valence-corrected chi connectivity index (χ0v) is 11.5. The molecule has 2 heterocycles. The molecule has 8 heteroatoms. The van der Waals surface area contributed by atoms with Crippen LogP contribution in [0.1, 0.15) is 16.1 Å². The van der Waals surface area contributed by atoms with E-state index in [-0.39, 0.29) is 17.0 Å². The molecule has 0 unspecified atom stereocenters. The molecule has 0 aliphatic heterocycles. The van der Waals surface area contributed by atoms with Crippen molar-refractivity contribution in [3.8, 4) is 0 Å². The summed E-state index contributed by atoms with van der Waals surface area (Å²) in [4.78, 5) is 14.9. The van der Waals surface area contributed by atoms with E-state index < -0.39 is 16.0 Å².